The van der Waals surface area contributed by atoms with Crippen molar-refractivity contribution in [1.82, 2.24) is 4.98 Å². The predicted molar refractivity (Wildman–Crippen MR) is 113 cm³/mol. The standard InChI is InChI=1S/C24H15N3S/c25-15-17-12-13-20(26-16-17)18-6-5-7-19(14-18)27-21-8-1-3-10-23(21)28-24-11-4-2-9-22(24)27/h1-14,16H. The summed E-state index contributed by atoms with van der Waals surface area (Å²) in [7, 11) is 0. The fraction of sp³-hybridized carbons (Fsp3) is 0. The number of pyridine rings is 1. The van der Waals surface area contributed by atoms with E-state index in [2.05, 4.69) is 82.7 Å². The Morgan fingerprint density at radius 1 is 0.786 bits per heavy atom. The van der Waals surface area contributed by atoms with Gasteiger partial charge in [-0.05, 0) is 48.5 Å². The molecular formula is C24H15N3S. The molecule has 4 aromatic rings. The van der Waals surface area contributed by atoms with Gasteiger partial charge in [-0.2, -0.15) is 5.26 Å². The molecule has 1 aliphatic rings. The molecule has 0 unspecified atom stereocenters. The molecule has 0 N–H and O–H groups in total. The van der Waals surface area contributed by atoms with Crippen molar-refractivity contribution >= 4 is 28.8 Å². The number of benzene rings is 3. The molecule has 0 amide bonds. The lowest BCUT2D eigenvalue weighted by Crippen LogP contribution is -2.14. The highest BCUT2D eigenvalue weighted by molar-refractivity contribution is 7.99. The maximum absolute atomic E-state index is 9.00. The summed E-state index contributed by atoms with van der Waals surface area (Å²) in [5.74, 6) is 0. The maximum Gasteiger partial charge on any atom is 0.101 e. The number of hydrogen-bond acceptors (Lipinski definition) is 4. The lowest BCUT2D eigenvalue weighted by molar-refractivity contribution is 1.16. The van der Waals surface area contributed by atoms with E-state index in [9.17, 15) is 0 Å². The first-order valence-electron chi connectivity index (χ1n) is 8.96. The molecule has 0 saturated heterocycles. The first-order chi connectivity index (χ1) is 13.8. The Bertz CT molecular complexity index is 1160. The number of nitrogens with zero attached hydrogens (tertiary/aromatic N) is 3. The molecular weight excluding hydrogens is 362 g/mol. The lowest BCUT2D eigenvalue weighted by Gasteiger charge is -2.33. The normalized spacial score (nSPS) is 12.0. The molecule has 132 valence electrons. The van der Waals surface area contributed by atoms with Gasteiger partial charge < -0.3 is 4.90 Å². The van der Waals surface area contributed by atoms with E-state index in [0.717, 1.165) is 16.9 Å². The van der Waals surface area contributed by atoms with Gasteiger partial charge in [0.1, 0.15) is 6.07 Å². The highest BCUT2D eigenvalue weighted by Gasteiger charge is 2.24. The van der Waals surface area contributed by atoms with Crippen molar-refractivity contribution in [2.45, 2.75) is 9.79 Å². The smallest absolute Gasteiger partial charge is 0.101 e. The van der Waals surface area contributed by atoms with Crippen molar-refractivity contribution in [1.29, 1.82) is 5.26 Å². The van der Waals surface area contributed by atoms with Gasteiger partial charge in [0.05, 0.1) is 22.6 Å². The second-order valence-corrected chi connectivity index (χ2v) is 7.55. The van der Waals surface area contributed by atoms with Gasteiger partial charge in [-0.1, -0.05) is 48.2 Å². The summed E-state index contributed by atoms with van der Waals surface area (Å²) in [5, 5.41) is 9.00. The molecule has 5 rings (SSSR count). The molecule has 3 nitrogen and oxygen atoms in total. The summed E-state index contributed by atoms with van der Waals surface area (Å²) in [5.41, 5.74) is 5.89. The fourth-order valence-electron chi connectivity index (χ4n) is 3.42. The summed E-state index contributed by atoms with van der Waals surface area (Å²) in [6.45, 7) is 0. The summed E-state index contributed by atoms with van der Waals surface area (Å²) in [6, 6.07) is 31.1. The number of rotatable bonds is 2. The zero-order valence-electron chi connectivity index (χ0n) is 14.9. The van der Waals surface area contributed by atoms with Crippen LogP contribution in [0.2, 0.25) is 0 Å². The fourth-order valence-corrected chi connectivity index (χ4v) is 4.48. The number of hydrogen-bond donors (Lipinski definition) is 0. The first-order valence-corrected chi connectivity index (χ1v) is 9.78. The van der Waals surface area contributed by atoms with E-state index in [-0.39, 0.29) is 0 Å². The van der Waals surface area contributed by atoms with Crippen LogP contribution in [0.5, 0.6) is 0 Å². The molecule has 0 aliphatic carbocycles. The summed E-state index contributed by atoms with van der Waals surface area (Å²) < 4.78 is 0. The van der Waals surface area contributed by atoms with E-state index in [1.807, 2.05) is 12.1 Å². The van der Waals surface area contributed by atoms with E-state index in [0.29, 0.717) is 5.56 Å². The van der Waals surface area contributed by atoms with Crippen molar-refractivity contribution in [3.8, 4) is 17.3 Å². The Morgan fingerprint density at radius 3 is 2.14 bits per heavy atom. The Hall–Kier alpha value is -3.55. The second-order valence-electron chi connectivity index (χ2n) is 6.47. The minimum absolute atomic E-state index is 0.566. The third-order valence-corrected chi connectivity index (χ3v) is 5.86. The summed E-state index contributed by atoms with van der Waals surface area (Å²) >= 11 is 1.80. The van der Waals surface area contributed by atoms with Gasteiger partial charge >= 0.3 is 0 Å². The molecule has 28 heavy (non-hydrogen) atoms. The topological polar surface area (TPSA) is 39.9 Å². The van der Waals surface area contributed by atoms with E-state index < -0.39 is 0 Å². The third-order valence-electron chi connectivity index (χ3n) is 4.72. The van der Waals surface area contributed by atoms with Crippen LogP contribution in [0, 0.1) is 11.3 Å². The number of para-hydroxylation sites is 2. The number of anilines is 3. The SMILES string of the molecule is N#Cc1ccc(-c2cccc(N3c4ccccc4Sc4ccccc43)c2)nc1. The van der Waals surface area contributed by atoms with E-state index >= 15 is 0 Å². The Morgan fingerprint density at radius 2 is 1.50 bits per heavy atom. The Kier molecular flexibility index (Phi) is 4.08. The van der Waals surface area contributed by atoms with Crippen molar-refractivity contribution < 1.29 is 0 Å². The van der Waals surface area contributed by atoms with E-state index in [4.69, 9.17) is 5.26 Å². The van der Waals surface area contributed by atoms with Gasteiger partial charge in [0, 0.05) is 27.2 Å². The van der Waals surface area contributed by atoms with Crippen LogP contribution < -0.4 is 4.90 Å². The van der Waals surface area contributed by atoms with Crippen LogP contribution in [-0.2, 0) is 0 Å². The van der Waals surface area contributed by atoms with Crippen LogP contribution in [0.4, 0.5) is 17.1 Å². The van der Waals surface area contributed by atoms with Gasteiger partial charge in [-0.25, -0.2) is 0 Å². The lowest BCUT2D eigenvalue weighted by atomic mass is 10.1. The highest BCUT2D eigenvalue weighted by Crippen LogP contribution is 2.51. The largest absolute Gasteiger partial charge is 0.308 e. The molecule has 1 aliphatic heterocycles. The Balaban J connectivity index is 1.65. The second kappa shape index (κ2) is 6.88. The monoisotopic (exact) mass is 377 g/mol. The van der Waals surface area contributed by atoms with Crippen molar-refractivity contribution in [2.75, 3.05) is 4.90 Å². The molecule has 4 heteroatoms. The average Bonchev–Trinajstić information content (AvgIpc) is 2.77. The van der Waals surface area contributed by atoms with Crippen molar-refractivity contribution in [3.63, 3.8) is 0 Å². The van der Waals surface area contributed by atoms with Crippen molar-refractivity contribution in [2.24, 2.45) is 0 Å². The van der Waals surface area contributed by atoms with Crippen LogP contribution in [0.25, 0.3) is 11.3 Å². The average molecular weight is 377 g/mol. The van der Waals surface area contributed by atoms with Crippen LogP contribution in [0.15, 0.2) is 101 Å². The minimum atomic E-state index is 0.566. The molecule has 0 spiro atoms. The first kappa shape index (κ1) is 16.6. The molecule has 1 aromatic heterocycles. The van der Waals surface area contributed by atoms with E-state index in [1.54, 1.807) is 24.0 Å². The minimum Gasteiger partial charge on any atom is -0.308 e. The van der Waals surface area contributed by atoms with Crippen molar-refractivity contribution in [3.05, 3.63) is 96.7 Å². The van der Waals surface area contributed by atoms with Gasteiger partial charge in [-0.15, -0.1) is 0 Å². The Labute approximate surface area is 167 Å². The van der Waals surface area contributed by atoms with Crippen LogP contribution in [-0.4, -0.2) is 4.98 Å². The molecule has 0 saturated carbocycles. The van der Waals surface area contributed by atoms with Crippen LogP contribution >= 0.6 is 11.8 Å². The van der Waals surface area contributed by atoms with Gasteiger partial charge in [-0.3, -0.25) is 4.98 Å². The maximum atomic E-state index is 9.00. The zero-order valence-corrected chi connectivity index (χ0v) is 15.7. The quantitative estimate of drug-likeness (QED) is 0.349. The van der Waals surface area contributed by atoms with Crippen LogP contribution in [0.1, 0.15) is 5.56 Å². The zero-order chi connectivity index (χ0) is 18.9. The number of fused-ring (bicyclic) bond motifs is 2. The molecule has 0 radical (unpaired) electrons. The van der Waals surface area contributed by atoms with Crippen LogP contribution in [0.3, 0.4) is 0 Å². The molecule has 3 aromatic carbocycles. The van der Waals surface area contributed by atoms with E-state index in [1.165, 1.54) is 21.2 Å². The molecule has 0 bridgehead atoms. The third kappa shape index (κ3) is 2.83. The van der Waals surface area contributed by atoms with Gasteiger partial charge in [0.25, 0.3) is 0 Å². The summed E-state index contributed by atoms with van der Waals surface area (Å²) in [4.78, 5) is 9.23. The predicted octanol–water partition coefficient (Wildman–Crippen LogP) is 6.55. The number of aromatic nitrogens is 1. The van der Waals surface area contributed by atoms with Gasteiger partial charge in [0.15, 0.2) is 0 Å². The highest BCUT2D eigenvalue weighted by atomic mass is 32.2. The van der Waals surface area contributed by atoms with Gasteiger partial charge in [0.2, 0.25) is 0 Å². The molecule has 0 atom stereocenters. The summed E-state index contributed by atoms with van der Waals surface area (Å²) in [6.07, 6.45) is 1.62. The molecule has 2 heterocycles. The number of nitriles is 1. The molecule has 0 fully saturated rings.